The van der Waals surface area contributed by atoms with Crippen molar-refractivity contribution in [2.24, 2.45) is 5.92 Å². The first-order valence-electron chi connectivity index (χ1n) is 7.38. The van der Waals surface area contributed by atoms with Gasteiger partial charge >= 0.3 is 5.63 Å². The number of hydrogen-bond donors (Lipinski definition) is 3. The molecule has 1 aliphatic rings. The molecule has 3 N–H and O–H groups in total. The van der Waals surface area contributed by atoms with Crippen LogP contribution in [0.4, 0.5) is 0 Å². The second-order valence-electron chi connectivity index (χ2n) is 5.73. The van der Waals surface area contributed by atoms with E-state index in [4.69, 9.17) is 4.42 Å². The second kappa shape index (κ2) is 5.90. The van der Waals surface area contributed by atoms with Crippen LogP contribution in [0.1, 0.15) is 24.2 Å². The fourth-order valence-electron chi connectivity index (χ4n) is 2.79. The number of rotatable bonds is 3. The molecule has 1 aromatic heterocycles. The summed E-state index contributed by atoms with van der Waals surface area (Å²) in [4.78, 5) is 24.2. The summed E-state index contributed by atoms with van der Waals surface area (Å²) in [5, 5.41) is 3.56. The average Bonchev–Trinajstić information content (AvgIpc) is 2.83. The van der Waals surface area contributed by atoms with Gasteiger partial charge in [0.2, 0.25) is 0 Å². The molecule has 0 saturated carbocycles. The Labute approximate surface area is 127 Å². The highest BCUT2D eigenvalue weighted by molar-refractivity contribution is 5.96. The zero-order valence-corrected chi connectivity index (χ0v) is 12.6. The third-order valence-electron chi connectivity index (χ3n) is 4.21. The van der Waals surface area contributed by atoms with Crippen LogP contribution < -0.4 is 21.8 Å². The Morgan fingerprint density at radius 1 is 1.23 bits per heavy atom. The van der Waals surface area contributed by atoms with E-state index < -0.39 is 11.5 Å². The Kier molecular flexibility index (Phi) is 3.96. The normalized spacial score (nSPS) is 24.5. The third kappa shape index (κ3) is 2.75. The van der Waals surface area contributed by atoms with Crippen molar-refractivity contribution in [1.29, 1.82) is 0 Å². The molecule has 0 radical (unpaired) electrons. The molecule has 1 fully saturated rings. The number of carbonyl (C=O) groups is 1. The Balaban J connectivity index is 1.77. The standard InChI is InChI=1S/C16H19N3O3/c1-9-13(10(2)19-18-9)8-17-15(20)12-7-11-5-3-4-6-14(11)22-16(12)21/h3-7,9-10,13,18-19H,8H2,1-2H3,(H,17,20). The van der Waals surface area contributed by atoms with Gasteiger partial charge in [-0.3, -0.25) is 15.6 Å². The molecule has 1 aliphatic heterocycles. The summed E-state index contributed by atoms with van der Waals surface area (Å²) in [6, 6.07) is 9.22. The first-order chi connectivity index (χ1) is 10.6. The van der Waals surface area contributed by atoms with Crippen LogP contribution in [-0.2, 0) is 0 Å². The van der Waals surface area contributed by atoms with Gasteiger partial charge in [0.05, 0.1) is 0 Å². The molecule has 0 aliphatic carbocycles. The molecule has 6 nitrogen and oxygen atoms in total. The van der Waals surface area contributed by atoms with Crippen molar-refractivity contribution in [1.82, 2.24) is 16.2 Å². The summed E-state index contributed by atoms with van der Waals surface area (Å²) < 4.78 is 5.19. The van der Waals surface area contributed by atoms with Crippen LogP contribution in [0.2, 0.25) is 0 Å². The minimum Gasteiger partial charge on any atom is -0.422 e. The lowest BCUT2D eigenvalue weighted by atomic mass is 9.96. The predicted octanol–water partition coefficient (Wildman–Crippen LogP) is 1.02. The van der Waals surface area contributed by atoms with Gasteiger partial charge in [0.1, 0.15) is 11.1 Å². The van der Waals surface area contributed by atoms with E-state index in [-0.39, 0.29) is 23.6 Å². The molecular formula is C16H19N3O3. The van der Waals surface area contributed by atoms with E-state index in [0.29, 0.717) is 12.1 Å². The zero-order valence-electron chi connectivity index (χ0n) is 12.6. The quantitative estimate of drug-likeness (QED) is 0.737. The number of nitrogens with one attached hydrogen (secondary N) is 3. The Hall–Kier alpha value is -2.18. The van der Waals surface area contributed by atoms with Crippen LogP contribution >= 0.6 is 0 Å². The summed E-state index contributed by atoms with van der Waals surface area (Å²) in [6.45, 7) is 4.60. The largest absolute Gasteiger partial charge is 0.422 e. The van der Waals surface area contributed by atoms with Crippen molar-refractivity contribution < 1.29 is 9.21 Å². The predicted molar refractivity (Wildman–Crippen MR) is 83.5 cm³/mol. The highest BCUT2D eigenvalue weighted by Crippen LogP contribution is 2.14. The van der Waals surface area contributed by atoms with Crippen LogP contribution in [0.15, 0.2) is 39.5 Å². The maximum absolute atomic E-state index is 12.3. The maximum Gasteiger partial charge on any atom is 0.349 e. The van der Waals surface area contributed by atoms with E-state index in [0.717, 1.165) is 5.39 Å². The summed E-state index contributed by atoms with van der Waals surface area (Å²) in [5.41, 5.74) is 6.18. The fraction of sp³-hybridized carbons (Fsp3) is 0.375. The van der Waals surface area contributed by atoms with Crippen molar-refractivity contribution >= 4 is 16.9 Å². The summed E-state index contributed by atoms with van der Waals surface area (Å²) >= 11 is 0. The maximum atomic E-state index is 12.3. The molecule has 6 heteroatoms. The van der Waals surface area contributed by atoms with Gasteiger partial charge in [-0.15, -0.1) is 0 Å². The van der Waals surface area contributed by atoms with Crippen LogP contribution in [0.3, 0.4) is 0 Å². The van der Waals surface area contributed by atoms with Crippen LogP contribution in [0, 0.1) is 5.92 Å². The van der Waals surface area contributed by atoms with Gasteiger partial charge in [-0.1, -0.05) is 18.2 Å². The highest BCUT2D eigenvalue weighted by atomic mass is 16.4. The summed E-state index contributed by atoms with van der Waals surface area (Å²) in [6.07, 6.45) is 0. The van der Waals surface area contributed by atoms with Crippen molar-refractivity contribution in [3.05, 3.63) is 46.3 Å². The summed E-state index contributed by atoms with van der Waals surface area (Å²) in [5.74, 6) is -0.137. The van der Waals surface area contributed by atoms with Crippen LogP contribution in [0.5, 0.6) is 0 Å². The topological polar surface area (TPSA) is 83.4 Å². The minimum atomic E-state index is -0.611. The Morgan fingerprint density at radius 2 is 1.91 bits per heavy atom. The van der Waals surface area contributed by atoms with Gasteiger partial charge in [-0.05, 0) is 26.0 Å². The molecule has 1 aromatic carbocycles. The number of hydrogen-bond acceptors (Lipinski definition) is 5. The molecule has 0 spiro atoms. The van der Waals surface area contributed by atoms with Gasteiger partial charge in [0, 0.05) is 29.9 Å². The van der Waals surface area contributed by atoms with Gasteiger partial charge in [0.15, 0.2) is 0 Å². The van der Waals surface area contributed by atoms with E-state index in [1.54, 1.807) is 18.2 Å². The van der Waals surface area contributed by atoms with Crippen LogP contribution in [0.25, 0.3) is 11.0 Å². The van der Waals surface area contributed by atoms with Crippen molar-refractivity contribution in [3.63, 3.8) is 0 Å². The molecule has 2 atom stereocenters. The molecule has 1 saturated heterocycles. The van der Waals surface area contributed by atoms with E-state index in [2.05, 4.69) is 30.0 Å². The lowest BCUT2D eigenvalue weighted by molar-refractivity contribution is 0.0942. The van der Waals surface area contributed by atoms with E-state index >= 15 is 0 Å². The molecule has 2 unspecified atom stereocenters. The van der Waals surface area contributed by atoms with Crippen molar-refractivity contribution in [2.75, 3.05) is 6.54 Å². The lowest BCUT2D eigenvalue weighted by Crippen LogP contribution is -2.38. The molecular weight excluding hydrogens is 282 g/mol. The molecule has 2 heterocycles. The van der Waals surface area contributed by atoms with E-state index in [1.165, 1.54) is 0 Å². The third-order valence-corrected chi connectivity index (χ3v) is 4.21. The highest BCUT2D eigenvalue weighted by Gasteiger charge is 2.30. The monoisotopic (exact) mass is 301 g/mol. The molecule has 0 bridgehead atoms. The molecule has 3 rings (SSSR count). The Bertz CT molecular complexity index is 746. The Morgan fingerprint density at radius 3 is 2.64 bits per heavy atom. The minimum absolute atomic E-state index is 0.0397. The van der Waals surface area contributed by atoms with E-state index in [1.807, 2.05) is 12.1 Å². The SMILES string of the molecule is CC1NNC(C)C1CNC(=O)c1cc2ccccc2oc1=O. The first-order valence-corrected chi connectivity index (χ1v) is 7.38. The number of carbonyl (C=O) groups excluding carboxylic acids is 1. The smallest absolute Gasteiger partial charge is 0.349 e. The van der Waals surface area contributed by atoms with Crippen LogP contribution in [-0.4, -0.2) is 24.5 Å². The summed E-state index contributed by atoms with van der Waals surface area (Å²) in [7, 11) is 0. The average molecular weight is 301 g/mol. The number of fused-ring (bicyclic) bond motifs is 1. The number of amides is 1. The molecule has 116 valence electrons. The van der Waals surface area contributed by atoms with Gasteiger partial charge in [-0.2, -0.15) is 0 Å². The zero-order chi connectivity index (χ0) is 15.7. The number of para-hydroxylation sites is 1. The van der Waals surface area contributed by atoms with Gasteiger partial charge in [0.25, 0.3) is 5.91 Å². The second-order valence-corrected chi connectivity index (χ2v) is 5.73. The number of benzene rings is 1. The van der Waals surface area contributed by atoms with Crippen molar-refractivity contribution in [2.45, 2.75) is 25.9 Å². The molecule has 22 heavy (non-hydrogen) atoms. The van der Waals surface area contributed by atoms with Gasteiger partial charge < -0.3 is 9.73 Å². The van der Waals surface area contributed by atoms with Crippen molar-refractivity contribution in [3.8, 4) is 0 Å². The molecule has 2 aromatic rings. The number of hydrazine groups is 1. The van der Waals surface area contributed by atoms with Gasteiger partial charge in [-0.25, -0.2) is 4.79 Å². The lowest BCUT2D eigenvalue weighted by Gasteiger charge is -2.18. The molecule has 1 amide bonds. The van der Waals surface area contributed by atoms with E-state index in [9.17, 15) is 9.59 Å². The first kappa shape index (κ1) is 14.7. The fourth-order valence-corrected chi connectivity index (χ4v) is 2.79.